The van der Waals surface area contributed by atoms with Crippen LogP contribution in [0.3, 0.4) is 0 Å². The van der Waals surface area contributed by atoms with Crippen LogP contribution in [0, 0.1) is 0 Å². The summed E-state index contributed by atoms with van der Waals surface area (Å²) in [4.78, 5) is 17.9. The minimum atomic E-state index is -0.468. The molecule has 0 fully saturated rings. The van der Waals surface area contributed by atoms with Crippen molar-refractivity contribution < 1.29 is 19.4 Å². The Kier molecular flexibility index (Phi) is 5.84. The number of hydrogen-bond acceptors (Lipinski definition) is 6. The zero-order chi connectivity index (χ0) is 22.0. The Hall–Kier alpha value is -3.48. The average Bonchev–Trinajstić information content (AvgIpc) is 3.13. The van der Waals surface area contributed by atoms with Crippen LogP contribution in [0.4, 0.5) is 5.95 Å². The monoisotopic (exact) mass is 421 g/mol. The number of aromatic nitrogens is 2. The first-order valence-electron chi connectivity index (χ1n) is 10.7. The highest BCUT2D eigenvalue weighted by Crippen LogP contribution is 2.42. The lowest BCUT2D eigenvalue weighted by molar-refractivity contribution is -0.139. The van der Waals surface area contributed by atoms with Crippen molar-refractivity contribution in [2.45, 2.75) is 39.7 Å². The highest BCUT2D eigenvalue weighted by atomic mass is 16.5. The number of benzene rings is 2. The summed E-state index contributed by atoms with van der Waals surface area (Å²) in [6.07, 6.45) is 1.54. The van der Waals surface area contributed by atoms with Crippen molar-refractivity contribution in [2.75, 3.05) is 18.5 Å². The second kappa shape index (κ2) is 8.71. The lowest BCUT2D eigenvalue weighted by Gasteiger charge is -2.31. The number of aromatic hydroxyl groups is 1. The molecule has 1 aromatic heterocycles. The third-order valence-corrected chi connectivity index (χ3v) is 5.31. The molecule has 7 heteroatoms. The van der Waals surface area contributed by atoms with E-state index in [-0.39, 0.29) is 18.3 Å². The summed E-state index contributed by atoms with van der Waals surface area (Å²) < 4.78 is 13.1. The van der Waals surface area contributed by atoms with E-state index < -0.39 is 6.04 Å². The fraction of sp³-hybridized carbons (Fsp3) is 0.333. The molecule has 4 rings (SSSR count). The molecule has 2 N–H and O–H groups in total. The standard InChI is InChI=1S/C24H27N3O4/c1-4-9-17-21(23(29)31-6-3)22(15-12-13-19(28)20(14-15)30-5-2)27-18-11-8-7-10-16(18)25-24(27)26-17/h7-8,10-14,22,28H,4-6,9H2,1-3H3,(H,25,26). The summed E-state index contributed by atoms with van der Waals surface area (Å²) in [6, 6.07) is 12.6. The molecule has 2 heterocycles. The van der Waals surface area contributed by atoms with Crippen molar-refractivity contribution in [3.63, 3.8) is 0 Å². The van der Waals surface area contributed by atoms with Crippen LogP contribution in [0.2, 0.25) is 0 Å². The van der Waals surface area contributed by atoms with Gasteiger partial charge in [-0.15, -0.1) is 0 Å². The van der Waals surface area contributed by atoms with Crippen molar-refractivity contribution in [3.05, 3.63) is 59.3 Å². The van der Waals surface area contributed by atoms with E-state index in [4.69, 9.17) is 14.5 Å². The van der Waals surface area contributed by atoms with Gasteiger partial charge in [0.25, 0.3) is 0 Å². The normalized spacial score (nSPS) is 15.5. The summed E-state index contributed by atoms with van der Waals surface area (Å²) in [5, 5.41) is 13.6. The summed E-state index contributed by atoms with van der Waals surface area (Å²) in [5.41, 5.74) is 3.90. The summed E-state index contributed by atoms with van der Waals surface area (Å²) in [5.74, 6) is 0.752. The Morgan fingerprint density at radius 3 is 2.71 bits per heavy atom. The lowest BCUT2D eigenvalue weighted by atomic mass is 9.93. The molecule has 1 atom stereocenters. The van der Waals surface area contributed by atoms with Crippen LogP contribution in [-0.2, 0) is 9.53 Å². The maximum atomic E-state index is 13.2. The predicted octanol–water partition coefficient (Wildman–Crippen LogP) is 4.77. The van der Waals surface area contributed by atoms with Crippen LogP contribution in [-0.4, -0.2) is 33.8 Å². The lowest BCUT2D eigenvalue weighted by Crippen LogP contribution is -2.29. The molecule has 0 saturated carbocycles. The number of imidazole rings is 1. The topological polar surface area (TPSA) is 85.6 Å². The maximum Gasteiger partial charge on any atom is 0.338 e. The number of hydrogen-bond donors (Lipinski definition) is 2. The third-order valence-electron chi connectivity index (χ3n) is 5.31. The van der Waals surface area contributed by atoms with Gasteiger partial charge in [0.15, 0.2) is 11.5 Å². The molecule has 0 bridgehead atoms. The smallest absolute Gasteiger partial charge is 0.338 e. The molecular formula is C24H27N3O4. The van der Waals surface area contributed by atoms with Crippen LogP contribution in [0.15, 0.2) is 53.7 Å². The zero-order valence-electron chi connectivity index (χ0n) is 18.0. The molecule has 2 aromatic carbocycles. The minimum absolute atomic E-state index is 0.0608. The molecule has 0 spiro atoms. The summed E-state index contributed by atoms with van der Waals surface area (Å²) in [7, 11) is 0. The Balaban J connectivity index is 1.99. The molecule has 7 nitrogen and oxygen atoms in total. The van der Waals surface area contributed by atoms with E-state index in [9.17, 15) is 9.90 Å². The van der Waals surface area contributed by atoms with Crippen LogP contribution in [0.25, 0.3) is 11.0 Å². The van der Waals surface area contributed by atoms with E-state index >= 15 is 0 Å². The highest BCUT2D eigenvalue weighted by molar-refractivity contribution is 5.94. The number of carbonyl (C=O) groups excluding carboxylic acids is 1. The molecule has 162 valence electrons. The second-order valence-electron chi connectivity index (χ2n) is 7.34. The maximum absolute atomic E-state index is 13.2. The summed E-state index contributed by atoms with van der Waals surface area (Å²) in [6.45, 7) is 6.43. The van der Waals surface area contributed by atoms with E-state index in [1.807, 2.05) is 41.8 Å². The SMILES string of the molecule is CCCC1=C(C(=O)OCC)C(c2ccc(O)c(OCC)c2)n2c(nc3ccccc32)N1. The van der Waals surface area contributed by atoms with E-state index in [1.54, 1.807) is 19.1 Å². The number of ether oxygens (including phenoxy) is 2. The van der Waals surface area contributed by atoms with Crippen molar-refractivity contribution >= 4 is 23.0 Å². The number of carbonyl (C=O) groups is 1. The first kappa shape index (κ1) is 20.8. The Morgan fingerprint density at radius 1 is 1.16 bits per heavy atom. The molecular weight excluding hydrogens is 394 g/mol. The van der Waals surface area contributed by atoms with E-state index in [0.717, 1.165) is 28.7 Å². The fourth-order valence-electron chi connectivity index (χ4n) is 4.07. The molecule has 1 aliphatic rings. The van der Waals surface area contributed by atoms with Crippen molar-refractivity contribution in [3.8, 4) is 11.5 Å². The molecule has 0 saturated heterocycles. The Labute approximate surface area is 181 Å². The molecule has 0 radical (unpaired) electrons. The van der Waals surface area contributed by atoms with E-state index in [2.05, 4.69) is 12.2 Å². The Bertz CT molecular complexity index is 1150. The van der Waals surface area contributed by atoms with Gasteiger partial charge in [0.2, 0.25) is 5.95 Å². The van der Waals surface area contributed by atoms with Crippen molar-refractivity contribution in [2.24, 2.45) is 0 Å². The fourth-order valence-corrected chi connectivity index (χ4v) is 4.07. The highest BCUT2D eigenvalue weighted by Gasteiger charge is 2.36. The van der Waals surface area contributed by atoms with Crippen molar-refractivity contribution in [1.82, 2.24) is 9.55 Å². The van der Waals surface area contributed by atoms with Gasteiger partial charge < -0.3 is 19.9 Å². The quantitative estimate of drug-likeness (QED) is 0.535. The molecule has 1 aliphatic heterocycles. The number of nitrogens with zero attached hydrogens (tertiary/aromatic N) is 2. The first-order valence-corrected chi connectivity index (χ1v) is 10.7. The number of phenols is 1. The molecule has 31 heavy (non-hydrogen) atoms. The van der Waals surface area contributed by atoms with Crippen molar-refractivity contribution in [1.29, 1.82) is 0 Å². The second-order valence-corrected chi connectivity index (χ2v) is 7.34. The van der Waals surface area contributed by atoms with Gasteiger partial charge in [0.1, 0.15) is 0 Å². The predicted molar refractivity (Wildman–Crippen MR) is 119 cm³/mol. The number of rotatable bonds is 7. The molecule has 3 aromatic rings. The van der Waals surface area contributed by atoms with Gasteiger partial charge in [-0.25, -0.2) is 9.78 Å². The van der Waals surface area contributed by atoms with Crippen LogP contribution in [0.1, 0.15) is 45.2 Å². The van der Waals surface area contributed by atoms with E-state index in [0.29, 0.717) is 30.3 Å². The zero-order valence-corrected chi connectivity index (χ0v) is 18.0. The van der Waals surface area contributed by atoms with Gasteiger partial charge in [0, 0.05) is 5.70 Å². The largest absolute Gasteiger partial charge is 0.504 e. The van der Waals surface area contributed by atoms with Crippen LogP contribution in [0.5, 0.6) is 11.5 Å². The first-order chi connectivity index (χ1) is 15.1. The van der Waals surface area contributed by atoms with Gasteiger partial charge in [-0.2, -0.15) is 0 Å². The minimum Gasteiger partial charge on any atom is -0.504 e. The molecule has 0 amide bonds. The number of para-hydroxylation sites is 2. The van der Waals surface area contributed by atoms with Gasteiger partial charge in [-0.05, 0) is 50.1 Å². The molecule has 1 unspecified atom stereocenters. The average molecular weight is 421 g/mol. The Morgan fingerprint density at radius 2 is 1.97 bits per heavy atom. The van der Waals surface area contributed by atoms with Gasteiger partial charge in [-0.3, -0.25) is 4.57 Å². The summed E-state index contributed by atoms with van der Waals surface area (Å²) >= 11 is 0. The van der Waals surface area contributed by atoms with Crippen LogP contribution < -0.4 is 10.1 Å². The number of nitrogens with one attached hydrogen (secondary N) is 1. The number of fused-ring (bicyclic) bond motifs is 3. The molecule has 0 aliphatic carbocycles. The number of allylic oxidation sites excluding steroid dienone is 1. The van der Waals surface area contributed by atoms with Gasteiger partial charge >= 0.3 is 5.97 Å². The van der Waals surface area contributed by atoms with E-state index in [1.165, 1.54) is 0 Å². The number of phenolic OH excluding ortho intramolecular Hbond substituents is 1. The van der Waals surface area contributed by atoms with Crippen LogP contribution >= 0.6 is 0 Å². The third kappa shape index (κ3) is 3.71. The van der Waals surface area contributed by atoms with Gasteiger partial charge in [0.05, 0.1) is 35.9 Å². The van der Waals surface area contributed by atoms with Gasteiger partial charge in [-0.1, -0.05) is 31.5 Å². The number of anilines is 1. The number of esters is 1.